The van der Waals surface area contributed by atoms with Crippen LogP contribution in [0.4, 0.5) is 0 Å². The average Bonchev–Trinajstić information content (AvgIpc) is 2.66. The van der Waals surface area contributed by atoms with Crippen LogP contribution in [0, 0.1) is 0 Å². The van der Waals surface area contributed by atoms with Crippen molar-refractivity contribution >= 4 is 17.9 Å². The number of aliphatic hydroxyl groups is 3. The zero-order valence-electron chi connectivity index (χ0n) is 17.4. The molecule has 1 fully saturated rings. The van der Waals surface area contributed by atoms with Crippen LogP contribution in [0.3, 0.4) is 0 Å². The summed E-state index contributed by atoms with van der Waals surface area (Å²) in [6, 6.07) is 0. The summed E-state index contributed by atoms with van der Waals surface area (Å²) < 4.78 is 15.7. The Morgan fingerprint density at radius 2 is 1.07 bits per heavy atom. The van der Waals surface area contributed by atoms with Crippen LogP contribution in [0.2, 0.25) is 0 Å². The van der Waals surface area contributed by atoms with Crippen molar-refractivity contribution in [3.63, 3.8) is 0 Å². The van der Waals surface area contributed by atoms with E-state index in [1.807, 2.05) is 13.8 Å². The highest BCUT2D eigenvalue weighted by molar-refractivity contribution is 5.71. The highest BCUT2D eigenvalue weighted by Crippen LogP contribution is 2.29. The van der Waals surface area contributed by atoms with Gasteiger partial charge in [-0.05, 0) is 12.8 Å². The molecule has 1 rings (SSSR count). The van der Waals surface area contributed by atoms with Gasteiger partial charge in [-0.15, -0.1) is 0 Å². The third-order valence-corrected chi connectivity index (χ3v) is 4.83. The number of ether oxygens (including phenoxy) is 3. The van der Waals surface area contributed by atoms with Crippen molar-refractivity contribution in [1.29, 1.82) is 0 Å². The van der Waals surface area contributed by atoms with Gasteiger partial charge < -0.3 is 29.5 Å². The highest BCUT2D eigenvalue weighted by Gasteiger charge is 2.55. The molecule has 9 nitrogen and oxygen atoms in total. The topological polar surface area (TPSA) is 140 Å². The molecule has 1 aliphatic carbocycles. The molecule has 1 saturated carbocycles. The number of carbonyl (C=O) groups excluding carboxylic acids is 3. The van der Waals surface area contributed by atoms with Crippen LogP contribution in [0.15, 0.2) is 0 Å². The van der Waals surface area contributed by atoms with Crippen molar-refractivity contribution in [2.24, 2.45) is 0 Å². The monoisotopic (exact) mass is 418 g/mol. The third-order valence-electron chi connectivity index (χ3n) is 4.83. The van der Waals surface area contributed by atoms with Gasteiger partial charge in [-0.2, -0.15) is 0 Å². The van der Waals surface area contributed by atoms with Gasteiger partial charge in [0.25, 0.3) is 0 Å². The fourth-order valence-electron chi connectivity index (χ4n) is 3.23. The molecular formula is C20H34O9. The minimum Gasteiger partial charge on any atom is -0.455 e. The number of aliphatic hydroxyl groups excluding tert-OH is 3. The van der Waals surface area contributed by atoms with Crippen molar-refractivity contribution in [3.05, 3.63) is 0 Å². The lowest BCUT2D eigenvalue weighted by atomic mass is 9.84. The lowest BCUT2D eigenvalue weighted by molar-refractivity contribution is -0.247. The van der Waals surface area contributed by atoms with Crippen molar-refractivity contribution in [3.8, 4) is 0 Å². The van der Waals surface area contributed by atoms with Crippen LogP contribution >= 0.6 is 0 Å². The Labute approximate surface area is 171 Å². The van der Waals surface area contributed by atoms with Crippen molar-refractivity contribution in [1.82, 2.24) is 0 Å². The summed E-state index contributed by atoms with van der Waals surface area (Å²) in [6.07, 6.45) is -4.78. The van der Waals surface area contributed by atoms with Gasteiger partial charge in [-0.1, -0.05) is 39.5 Å². The molecule has 0 heterocycles. The Bertz CT molecular complexity index is 498. The molecular weight excluding hydrogens is 384 g/mol. The molecule has 0 aromatic carbocycles. The molecule has 29 heavy (non-hydrogen) atoms. The van der Waals surface area contributed by atoms with E-state index in [0.717, 1.165) is 32.6 Å². The first-order chi connectivity index (χ1) is 13.7. The summed E-state index contributed by atoms with van der Waals surface area (Å²) in [6.45, 7) is 5.05. The average molecular weight is 418 g/mol. The second-order valence-electron chi connectivity index (χ2n) is 7.37. The first kappa shape index (κ1) is 25.3. The van der Waals surface area contributed by atoms with E-state index in [0.29, 0.717) is 12.8 Å². The lowest BCUT2D eigenvalue weighted by Crippen LogP contribution is -2.66. The molecule has 0 spiro atoms. The van der Waals surface area contributed by atoms with Gasteiger partial charge >= 0.3 is 17.9 Å². The molecule has 0 aliphatic heterocycles. The molecule has 0 saturated heterocycles. The quantitative estimate of drug-likeness (QED) is 0.255. The van der Waals surface area contributed by atoms with Crippen LogP contribution in [-0.4, -0.2) is 69.9 Å². The maximum atomic E-state index is 12.1. The second kappa shape index (κ2) is 12.8. The number of hydrogen-bond acceptors (Lipinski definition) is 9. The first-order valence-corrected chi connectivity index (χ1v) is 10.3. The number of rotatable bonds is 11. The standard InChI is InChI=1S/C20H34O9/c1-4-6-8-10-13(22)28-18-16(25)15(24)17(26)19(20(18)27-12(3)21)29-14(23)11-9-7-5-2/h15-20,24-26H,4-11H2,1-3H3/t15?,16-,17?,18-,19+,20?/m1/s1. The van der Waals surface area contributed by atoms with E-state index >= 15 is 0 Å². The number of hydrogen-bond donors (Lipinski definition) is 3. The zero-order chi connectivity index (χ0) is 22.0. The third kappa shape index (κ3) is 7.91. The van der Waals surface area contributed by atoms with Gasteiger partial charge in [0.05, 0.1) is 0 Å². The molecule has 0 aromatic rings. The SMILES string of the molecule is CCCCCC(=O)O[C@H]1C(O)C(O)[C@@H](O)[C@@H](OC(=O)CCCCC)C1OC(C)=O. The van der Waals surface area contributed by atoms with Gasteiger partial charge in [0.1, 0.15) is 18.3 Å². The Balaban J connectivity index is 2.96. The van der Waals surface area contributed by atoms with E-state index in [-0.39, 0.29) is 12.8 Å². The summed E-state index contributed by atoms with van der Waals surface area (Å²) in [5.41, 5.74) is 0. The molecule has 3 unspecified atom stereocenters. The predicted molar refractivity (Wildman–Crippen MR) is 102 cm³/mol. The minimum absolute atomic E-state index is 0.0873. The number of esters is 3. The molecule has 168 valence electrons. The van der Waals surface area contributed by atoms with Crippen molar-refractivity contribution in [2.75, 3.05) is 0 Å². The van der Waals surface area contributed by atoms with E-state index in [9.17, 15) is 29.7 Å². The summed E-state index contributed by atoms with van der Waals surface area (Å²) in [4.78, 5) is 35.8. The predicted octanol–water partition coefficient (Wildman–Crippen LogP) is 0.999. The van der Waals surface area contributed by atoms with Crippen LogP contribution in [0.5, 0.6) is 0 Å². The Morgan fingerprint density at radius 1 is 0.655 bits per heavy atom. The smallest absolute Gasteiger partial charge is 0.306 e. The van der Waals surface area contributed by atoms with E-state index in [2.05, 4.69) is 0 Å². The van der Waals surface area contributed by atoms with Crippen LogP contribution in [0.1, 0.15) is 72.1 Å². The maximum Gasteiger partial charge on any atom is 0.306 e. The summed E-state index contributed by atoms with van der Waals surface area (Å²) in [7, 11) is 0. The number of carbonyl (C=O) groups is 3. The molecule has 3 N–H and O–H groups in total. The molecule has 0 radical (unpaired) electrons. The van der Waals surface area contributed by atoms with Crippen LogP contribution in [-0.2, 0) is 28.6 Å². The van der Waals surface area contributed by atoms with Crippen molar-refractivity contribution < 1.29 is 43.9 Å². The lowest BCUT2D eigenvalue weighted by Gasteiger charge is -2.43. The van der Waals surface area contributed by atoms with E-state index in [1.54, 1.807) is 0 Å². The Morgan fingerprint density at radius 3 is 1.41 bits per heavy atom. The second-order valence-corrected chi connectivity index (χ2v) is 7.37. The van der Waals surface area contributed by atoms with Gasteiger partial charge in [-0.3, -0.25) is 14.4 Å². The summed E-state index contributed by atoms with van der Waals surface area (Å²) in [5.74, 6) is -2.06. The maximum absolute atomic E-state index is 12.1. The molecule has 6 atom stereocenters. The van der Waals surface area contributed by atoms with Gasteiger partial charge in [0, 0.05) is 19.8 Å². The highest BCUT2D eigenvalue weighted by atomic mass is 16.6. The minimum atomic E-state index is -1.75. The molecule has 0 amide bonds. The zero-order valence-corrected chi connectivity index (χ0v) is 17.4. The van der Waals surface area contributed by atoms with Gasteiger partial charge in [0.2, 0.25) is 0 Å². The Kier molecular flexibility index (Phi) is 11.2. The van der Waals surface area contributed by atoms with Crippen LogP contribution in [0.25, 0.3) is 0 Å². The molecule has 9 heteroatoms. The molecule has 0 bridgehead atoms. The Hall–Kier alpha value is -1.71. The van der Waals surface area contributed by atoms with Gasteiger partial charge in [0.15, 0.2) is 18.3 Å². The molecule has 0 aromatic heterocycles. The van der Waals surface area contributed by atoms with E-state index in [4.69, 9.17) is 14.2 Å². The fraction of sp³-hybridized carbons (Fsp3) is 0.850. The molecule has 1 aliphatic rings. The summed E-state index contributed by atoms with van der Waals surface area (Å²) in [5, 5.41) is 30.8. The first-order valence-electron chi connectivity index (χ1n) is 10.3. The van der Waals surface area contributed by atoms with Gasteiger partial charge in [-0.25, -0.2) is 0 Å². The summed E-state index contributed by atoms with van der Waals surface area (Å²) >= 11 is 0. The van der Waals surface area contributed by atoms with Crippen molar-refractivity contribution in [2.45, 2.75) is 109 Å². The van der Waals surface area contributed by atoms with E-state index in [1.165, 1.54) is 0 Å². The number of unbranched alkanes of at least 4 members (excludes halogenated alkanes) is 4. The van der Waals surface area contributed by atoms with E-state index < -0.39 is 54.5 Å². The largest absolute Gasteiger partial charge is 0.455 e. The fourth-order valence-corrected chi connectivity index (χ4v) is 3.23. The normalized spacial score (nSPS) is 29.2. The van der Waals surface area contributed by atoms with Crippen LogP contribution < -0.4 is 0 Å².